The number of hydrogen-bond acceptors (Lipinski definition) is 5. The summed E-state index contributed by atoms with van der Waals surface area (Å²) in [5.41, 5.74) is 5.44. The molecule has 0 aliphatic rings. The lowest BCUT2D eigenvalue weighted by atomic mass is 10.3. The molecule has 14 heavy (non-hydrogen) atoms. The summed E-state index contributed by atoms with van der Waals surface area (Å²) in [6, 6.07) is 3.64. The van der Waals surface area contributed by atoms with Gasteiger partial charge < -0.3 is 15.4 Å². The van der Waals surface area contributed by atoms with Crippen molar-refractivity contribution in [1.29, 1.82) is 10.5 Å². The van der Waals surface area contributed by atoms with Crippen molar-refractivity contribution in [3.63, 3.8) is 0 Å². The largest absolute Gasteiger partial charge is 0.390 e. The Bertz CT molecular complexity index is 397. The number of nitrogens with two attached hydrogens (primary N) is 1. The van der Waals surface area contributed by atoms with Crippen molar-refractivity contribution >= 4 is 0 Å². The summed E-state index contributed by atoms with van der Waals surface area (Å²) < 4.78 is 1.41. The second-order valence-electron chi connectivity index (χ2n) is 2.71. The van der Waals surface area contributed by atoms with Gasteiger partial charge in [0.25, 0.3) is 0 Å². The van der Waals surface area contributed by atoms with Crippen LogP contribution in [0.2, 0.25) is 0 Å². The van der Waals surface area contributed by atoms with Gasteiger partial charge in [-0.1, -0.05) is 0 Å². The van der Waals surface area contributed by atoms with Gasteiger partial charge in [0.2, 0.25) is 0 Å². The summed E-state index contributed by atoms with van der Waals surface area (Å²) in [5, 5.41) is 26.6. The molecule has 6 heteroatoms. The van der Waals surface area contributed by atoms with Crippen molar-refractivity contribution in [3.05, 3.63) is 17.7 Å². The third-order valence-corrected chi connectivity index (χ3v) is 1.73. The third kappa shape index (κ3) is 1.88. The predicted octanol–water partition coefficient (Wildman–Crippen LogP) is -1.05. The van der Waals surface area contributed by atoms with Gasteiger partial charge in [0.15, 0.2) is 11.4 Å². The van der Waals surface area contributed by atoms with E-state index < -0.39 is 6.10 Å². The van der Waals surface area contributed by atoms with E-state index in [1.54, 1.807) is 6.07 Å². The maximum absolute atomic E-state index is 9.25. The zero-order valence-corrected chi connectivity index (χ0v) is 7.38. The zero-order valence-electron chi connectivity index (χ0n) is 7.38. The minimum Gasteiger partial charge on any atom is -0.390 e. The maximum atomic E-state index is 9.25. The molecule has 0 saturated heterocycles. The van der Waals surface area contributed by atoms with Crippen molar-refractivity contribution in [2.24, 2.45) is 5.73 Å². The molecule has 0 aliphatic carbocycles. The van der Waals surface area contributed by atoms with Crippen LogP contribution in [-0.2, 0) is 6.54 Å². The topological polar surface area (TPSA) is 112 Å². The van der Waals surface area contributed by atoms with Crippen molar-refractivity contribution in [1.82, 2.24) is 9.55 Å². The first kappa shape index (κ1) is 10.2. The van der Waals surface area contributed by atoms with E-state index in [1.807, 2.05) is 6.07 Å². The molecule has 0 bridgehead atoms. The Balaban J connectivity index is 2.95. The molecule has 72 valence electrons. The van der Waals surface area contributed by atoms with E-state index in [0.29, 0.717) is 0 Å². The van der Waals surface area contributed by atoms with Crippen LogP contribution in [0.1, 0.15) is 11.4 Å². The Morgan fingerprint density at radius 2 is 2.29 bits per heavy atom. The molecule has 3 N–H and O–H groups in total. The number of aliphatic hydroxyl groups excluding tert-OH is 1. The highest BCUT2D eigenvalue weighted by atomic mass is 16.3. The average Bonchev–Trinajstić information content (AvgIpc) is 2.59. The quantitative estimate of drug-likeness (QED) is 0.632. The lowest BCUT2D eigenvalue weighted by Crippen LogP contribution is -2.25. The van der Waals surface area contributed by atoms with Crippen LogP contribution in [0.15, 0.2) is 6.33 Å². The molecular formula is C8H9N5O. The highest BCUT2D eigenvalue weighted by molar-refractivity contribution is 5.36. The van der Waals surface area contributed by atoms with Gasteiger partial charge in [0.05, 0.1) is 19.0 Å². The van der Waals surface area contributed by atoms with E-state index in [2.05, 4.69) is 4.98 Å². The number of rotatable bonds is 3. The molecule has 0 aliphatic heterocycles. The second-order valence-corrected chi connectivity index (χ2v) is 2.71. The van der Waals surface area contributed by atoms with Crippen molar-refractivity contribution in [2.45, 2.75) is 12.6 Å². The Labute approximate surface area is 80.8 Å². The van der Waals surface area contributed by atoms with Crippen LogP contribution in [-0.4, -0.2) is 27.3 Å². The lowest BCUT2D eigenvalue weighted by Gasteiger charge is -2.08. The molecule has 0 spiro atoms. The number of aromatic nitrogens is 2. The van der Waals surface area contributed by atoms with Crippen LogP contribution in [0.25, 0.3) is 0 Å². The van der Waals surface area contributed by atoms with Crippen LogP contribution in [0.5, 0.6) is 0 Å². The molecule has 1 unspecified atom stereocenters. The van der Waals surface area contributed by atoms with E-state index in [4.69, 9.17) is 16.3 Å². The highest BCUT2D eigenvalue weighted by Crippen LogP contribution is 2.05. The molecule has 0 saturated carbocycles. The van der Waals surface area contributed by atoms with Gasteiger partial charge in [-0.25, -0.2) is 4.98 Å². The fourth-order valence-corrected chi connectivity index (χ4v) is 1.02. The Hall–Kier alpha value is -1.89. The van der Waals surface area contributed by atoms with Gasteiger partial charge in [-0.15, -0.1) is 0 Å². The SMILES string of the molecule is N#Cc1ncn(CC(O)CN)c1C#N. The molecule has 0 amide bonds. The van der Waals surface area contributed by atoms with Crippen molar-refractivity contribution in [2.75, 3.05) is 6.54 Å². The van der Waals surface area contributed by atoms with Crippen molar-refractivity contribution in [3.8, 4) is 12.1 Å². The Morgan fingerprint density at radius 1 is 1.57 bits per heavy atom. The normalized spacial score (nSPS) is 11.7. The lowest BCUT2D eigenvalue weighted by molar-refractivity contribution is 0.162. The molecule has 0 aromatic carbocycles. The summed E-state index contributed by atoms with van der Waals surface area (Å²) in [6.07, 6.45) is 0.610. The molecule has 1 aromatic heterocycles. The standard InChI is InChI=1S/C8H9N5O/c9-1-6(14)4-13-5-12-7(2-10)8(13)3-11/h5-6,14H,1,4,9H2. The number of imidazole rings is 1. The second kappa shape index (κ2) is 4.38. The first-order valence-corrected chi connectivity index (χ1v) is 3.96. The predicted molar refractivity (Wildman–Crippen MR) is 46.7 cm³/mol. The van der Waals surface area contributed by atoms with E-state index in [9.17, 15) is 5.11 Å². The van der Waals surface area contributed by atoms with Gasteiger partial charge in [0, 0.05) is 6.54 Å². The molecule has 1 atom stereocenters. The molecular weight excluding hydrogens is 182 g/mol. The summed E-state index contributed by atoms with van der Waals surface area (Å²) in [7, 11) is 0. The number of nitrogens with zero attached hydrogens (tertiary/aromatic N) is 4. The van der Waals surface area contributed by atoms with Crippen LogP contribution in [0.3, 0.4) is 0 Å². The van der Waals surface area contributed by atoms with Crippen molar-refractivity contribution < 1.29 is 5.11 Å². The van der Waals surface area contributed by atoms with Gasteiger partial charge in [0.1, 0.15) is 12.1 Å². The maximum Gasteiger partial charge on any atom is 0.176 e. The highest BCUT2D eigenvalue weighted by Gasteiger charge is 2.12. The monoisotopic (exact) mass is 191 g/mol. The summed E-state index contributed by atoms with van der Waals surface area (Å²) >= 11 is 0. The first-order chi connectivity index (χ1) is 6.72. The minimum absolute atomic E-state index is 0.0664. The molecule has 1 aromatic rings. The van der Waals surface area contributed by atoms with Crippen LogP contribution in [0.4, 0.5) is 0 Å². The van der Waals surface area contributed by atoms with Crippen LogP contribution >= 0.6 is 0 Å². The molecule has 0 fully saturated rings. The molecule has 1 rings (SSSR count). The van der Waals surface area contributed by atoms with Gasteiger partial charge in [-0.3, -0.25) is 0 Å². The number of aliphatic hydroxyl groups is 1. The van der Waals surface area contributed by atoms with E-state index >= 15 is 0 Å². The fraction of sp³-hybridized carbons (Fsp3) is 0.375. The van der Waals surface area contributed by atoms with Gasteiger partial charge >= 0.3 is 0 Å². The van der Waals surface area contributed by atoms with Crippen LogP contribution < -0.4 is 5.73 Å². The molecule has 6 nitrogen and oxygen atoms in total. The molecule has 1 heterocycles. The first-order valence-electron chi connectivity index (χ1n) is 3.96. The molecule has 0 radical (unpaired) electrons. The van der Waals surface area contributed by atoms with Gasteiger partial charge in [-0.05, 0) is 0 Å². The van der Waals surface area contributed by atoms with E-state index in [0.717, 1.165) is 0 Å². The third-order valence-electron chi connectivity index (χ3n) is 1.73. The summed E-state index contributed by atoms with van der Waals surface area (Å²) in [5.74, 6) is 0. The van der Waals surface area contributed by atoms with Crippen LogP contribution in [0, 0.1) is 22.7 Å². The van der Waals surface area contributed by atoms with Gasteiger partial charge in [-0.2, -0.15) is 10.5 Å². The number of hydrogen-bond donors (Lipinski definition) is 2. The Kier molecular flexibility index (Phi) is 3.19. The summed E-state index contributed by atoms with van der Waals surface area (Å²) in [4.78, 5) is 3.72. The minimum atomic E-state index is -0.733. The fourth-order valence-electron chi connectivity index (χ4n) is 1.02. The smallest absolute Gasteiger partial charge is 0.176 e. The number of nitriles is 2. The van der Waals surface area contributed by atoms with E-state index in [1.165, 1.54) is 10.9 Å². The Morgan fingerprint density at radius 3 is 2.79 bits per heavy atom. The summed E-state index contributed by atoms with van der Waals surface area (Å²) in [6.45, 7) is 0.277. The average molecular weight is 191 g/mol. The zero-order chi connectivity index (χ0) is 10.6. The van der Waals surface area contributed by atoms with E-state index in [-0.39, 0.29) is 24.5 Å².